The van der Waals surface area contributed by atoms with E-state index in [1.807, 2.05) is 34.6 Å². The monoisotopic (exact) mass is 383 g/mol. The molecule has 1 aromatic rings. The van der Waals surface area contributed by atoms with Crippen molar-refractivity contribution in [2.24, 2.45) is 17.1 Å². The van der Waals surface area contributed by atoms with Crippen LogP contribution in [0.3, 0.4) is 0 Å². The second-order valence-electron chi connectivity index (χ2n) is 8.18. The second kappa shape index (κ2) is 8.97. The molecule has 7 heteroatoms. The van der Waals surface area contributed by atoms with E-state index in [4.69, 9.17) is 5.73 Å². The molecule has 0 spiro atoms. The van der Waals surface area contributed by atoms with Gasteiger partial charge in [-0.25, -0.2) is 8.42 Å². The minimum Gasteiger partial charge on any atom is -0.344 e. The summed E-state index contributed by atoms with van der Waals surface area (Å²) in [7, 11) is -2.08. The SMILES string of the molecule is Cc1ccc(S(=O)(=O)NC(CC(C)C)C(=O)N(C)CC(C)(C)CN)cc1. The molecular weight excluding hydrogens is 350 g/mol. The van der Waals surface area contributed by atoms with Crippen molar-refractivity contribution in [3.63, 3.8) is 0 Å². The van der Waals surface area contributed by atoms with E-state index >= 15 is 0 Å². The first-order chi connectivity index (χ1) is 11.9. The molecule has 26 heavy (non-hydrogen) atoms. The van der Waals surface area contributed by atoms with E-state index in [1.165, 1.54) is 0 Å². The highest BCUT2D eigenvalue weighted by molar-refractivity contribution is 7.89. The summed E-state index contributed by atoms with van der Waals surface area (Å²) in [5.74, 6) is -0.0727. The molecule has 0 aromatic heterocycles. The van der Waals surface area contributed by atoms with Gasteiger partial charge >= 0.3 is 0 Å². The van der Waals surface area contributed by atoms with Crippen molar-refractivity contribution >= 4 is 15.9 Å². The Morgan fingerprint density at radius 1 is 1.23 bits per heavy atom. The third kappa shape index (κ3) is 6.70. The largest absolute Gasteiger partial charge is 0.344 e. The van der Waals surface area contributed by atoms with Gasteiger partial charge in [0.05, 0.1) is 4.90 Å². The van der Waals surface area contributed by atoms with Crippen LogP contribution in [-0.2, 0) is 14.8 Å². The lowest BCUT2D eigenvalue weighted by Crippen LogP contribution is -2.50. The van der Waals surface area contributed by atoms with Crippen LogP contribution in [0.1, 0.15) is 39.7 Å². The Hall–Kier alpha value is -1.44. The van der Waals surface area contributed by atoms with Gasteiger partial charge in [-0.3, -0.25) is 4.79 Å². The van der Waals surface area contributed by atoms with Crippen molar-refractivity contribution < 1.29 is 13.2 Å². The zero-order valence-electron chi connectivity index (χ0n) is 16.7. The number of nitrogens with two attached hydrogens (primary N) is 1. The smallest absolute Gasteiger partial charge is 0.241 e. The molecule has 0 aliphatic carbocycles. The lowest BCUT2D eigenvalue weighted by Gasteiger charge is -2.32. The molecule has 0 bridgehead atoms. The van der Waals surface area contributed by atoms with Crippen LogP contribution in [0.4, 0.5) is 0 Å². The van der Waals surface area contributed by atoms with Gasteiger partial charge in [0.25, 0.3) is 0 Å². The number of rotatable bonds is 9. The minimum atomic E-state index is -3.77. The molecule has 0 aliphatic rings. The number of sulfonamides is 1. The van der Waals surface area contributed by atoms with E-state index in [0.717, 1.165) is 5.56 Å². The second-order valence-corrected chi connectivity index (χ2v) is 9.89. The summed E-state index contributed by atoms with van der Waals surface area (Å²) in [6, 6.07) is 5.78. The van der Waals surface area contributed by atoms with Crippen molar-refractivity contribution in [1.82, 2.24) is 9.62 Å². The fourth-order valence-electron chi connectivity index (χ4n) is 2.69. The lowest BCUT2D eigenvalue weighted by atomic mass is 9.93. The zero-order chi connectivity index (χ0) is 20.1. The number of nitrogens with one attached hydrogen (secondary N) is 1. The third-order valence-corrected chi connectivity index (χ3v) is 5.72. The van der Waals surface area contributed by atoms with Crippen LogP contribution in [0.25, 0.3) is 0 Å². The Balaban J connectivity index is 3.02. The Morgan fingerprint density at radius 2 is 1.77 bits per heavy atom. The molecule has 1 atom stereocenters. The van der Waals surface area contributed by atoms with Crippen molar-refractivity contribution in [3.8, 4) is 0 Å². The van der Waals surface area contributed by atoms with Crippen molar-refractivity contribution in [2.45, 2.75) is 52.0 Å². The van der Waals surface area contributed by atoms with Gasteiger partial charge in [-0.1, -0.05) is 45.4 Å². The summed E-state index contributed by atoms with van der Waals surface area (Å²) in [5, 5.41) is 0. The number of hydrogen-bond donors (Lipinski definition) is 2. The number of carbonyl (C=O) groups excluding carboxylic acids is 1. The molecule has 1 unspecified atom stereocenters. The first-order valence-corrected chi connectivity index (χ1v) is 10.4. The van der Waals surface area contributed by atoms with E-state index in [9.17, 15) is 13.2 Å². The van der Waals surface area contributed by atoms with Crippen LogP contribution in [0.5, 0.6) is 0 Å². The summed E-state index contributed by atoms with van der Waals surface area (Å²) in [5.41, 5.74) is 6.49. The highest BCUT2D eigenvalue weighted by Crippen LogP contribution is 2.18. The summed E-state index contributed by atoms with van der Waals surface area (Å²) in [6.45, 7) is 10.7. The van der Waals surface area contributed by atoms with E-state index < -0.39 is 16.1 Å². The minimum absolute atomic E-state index is 0.162. The highest BCUT2D eigenvalue weighted by atomic mass is 32.2. The Morgan fingerprint density at radius 3 is 2.23 bits per heavy atom. The van der Waals surface area contributed by atoms with Gasteiger partial charge in [0.15, 0.2) is 0 Å². The first-order valence-electron chi connectivity index (χ1n) is 8.92. The summed E-state index contributed by atoms with van der Waals surface area (Å²) in [6.07, 6.45) is 0.428. The molecule has 0 fully saturated rings. The van der Waals surface area contributed by atoms with Crippen molar-refractivity contribution in [1.29, 1.82) is 0 Å². The van der Waals surface area contributed by atoms with Crippen LogP contribution in [-0.4, -0.2) is 45.4 Å². The average Bonchev–Trinajstić information content (AvgIpc) is 2.52. The number of aryl methyl sites for hydroxylation is 1. The maximum absolute atomic E-state index is 12.9. The molecule has 6 nitrogen and oxygen atoms in total. The standard InChI is InChI=1S/C19H33N3O3S/c1-14(2)11-17(18(23)22(6)13-19(4,5)12-20)21-26(24,25)16-9-7-15(3)8-10-16/h7-10,14,17,21H,11-13,20H2,1-6H3. The van der Waals surface area contributed by atoms with Crippen LogP contribution < -0.4 is 10.5 Å². The maximum atomic E-state index is 12.9. The number of likely N-dealkylation sites (N-methyl/N-ethyl adjacent to an activating group) is 1. The molecule has 1 aromatic carbocycles. The fraction of sp³-hybridized carbons (Fsp3) is 0.632. The number of amides is 1. The van der Waals surface area contributed by atoms with E-state index in [1.54, 1.807) is 36.2 Å². The predicted octanol–water partition coefficient (Wildman–Crippen LogP) is 2.13. The van der Waals surface area contributed by atoms with Gasteiger partial charge < -0.3 is 10.6 Å². The molecular formula is C19H33N3O3S. The summed E-state index contributed by atoms with van der Waals surface area (Å²) < 4.78 is 28.0. The average molecular weight is 384 g/mol. The van der Waals surface area contributed by atoms with E-state index in [-0.39, 0.29) is 22.1 Å². The Kier molecular flexibility index (Phi) is 7.80. The Labute approximate surface area is 158 Å². The topological polar surface area (TPSA) is 92.5 Å². The van der Waals surface area contributed by atoms with Gasteiger partial charge in [0, 0.05) is 13.6 Å². The molecule has 3 N–H and O–H groups in total. The van der Waals surface area contributed by atoms with Crippen LogP contribution in [0, 0.1) is 18.3 Å². The normalized spacial score (nSPS) is 13.7. The van der Waals surface area contributed by atoms with Gasteiger partial charge in [-0.05, 0) is 43.4 Å². The molecule has 0 saturated heterocycles. The summed E-state index contributed by atoms with van der Waals surface area (Å²) in [4.78, 5) is 14.6. The quantitative estimate of drug-likeness (QED) is 0.683. The molecule has 1 amide bonds. The van der Waals surface area contributed by atoms with Crippen LogP contribution in [0.15, 0.2) is 29.2 Å². The fourth-order valence-corrected chi connectivity index (χ4v) is 3.90. The predicted molar refractivity (Wildman–Crippen MR) is 105 cm³/mol. The van der Waals surface area contributed by atoms with Gasteiger partial charge in [0.1, 0.15) is 6.04 Å². The van der Waals surface area contributed by atoms with Crippen molar-refractivity contribution in [3.05, 3.63) is 29.8 Å². The molecule has 0 heterocycles. The number of carbonyl (C=O) groups is 1. The van der Waals surface area contributed by atoms with Crippen LogP contribution >= 0.6 is 0 Å². The molecule has 0 aliphatic heterocycles. The summed E-state index contributed by atoms with van der Waals surface area (Å²) >= 11 is 0. The molecule has 1 rings (SSSR count). The zero-order valence-corrected chi connectivity index (χ0v) is 17.6. The van der Waals surface area contributed by atoms with E-state index in [0.29, 0.717) is 19.5 Å². The van der Waals surface area contributed by atoms with E-state index in [2.05, 4.69) is 4.72 Å². The number of nitrogens with zero attached hydrogens (tertiary/aromatic N) is 1. The maximum Gasteiger partial charge on any atom is 0.241 e. The lowest BCUT2D eigenvalue weighted by molar-refractivity contribution is -0.133. The Bertz CT molecular complexity index is 697. The van der Waals surface area contributed by atoms with Gasteiger partial charge in [0.2, 0.25) is 15.9 Å². The third-order valence-electron chi connectivity index (χ3n) is 4.23. The first kappa shape index (κ1) is 22.6. The van der Waals surface area contributed by atoms with Gasteiger partial charge in [-0.15, -0.1) is 0 Å². The van der Waals surface area contributed by atoms with Gasteiger partial charge in [-0.2, -0.15) is 4.72 Å². The van der Waals surface area contributed by atoms with Crippen LogP contribution in [0.2, 0.25) is 0 Å². The number of hydrogen-bond acceptors (Lipinski definition) is 4. The number of benzene rings is 1. The molecule has 0 saturated carbocycles. The van der Waals surface area contributed by atoms with Crippen molar-refractivity contribution in [2.75, 3.05) is 20.1 Å². The highest BCUT2D eigenvalue weighted by Gasteiger charge is 2.30. The molecule has 148 valence electrons. The molecule has 0 radical (unpaired) electrons.